The van der Waals surface area contributed by atoms with E-state index in [4.69, 9.17) is 9.73 Å². The fraction of sp³-hybridized carbons (Fsp3) is 0.682. The first-order valence-electron chi connectivity index (χ1n) is 10.7. The summed E-state index contributed by atoms with van der Waals surface area (Å²) in [6.07, 6.45) is 0.907. The van der Waals surface area contributed by atoms with E-state index in [2.05, 4.69) is 60.3 Å². The van der Waals surface area contributed by atoms with Crippen molar-refractivity contribution in [2.45, 2.75) is 40.2 Å². The van der Waals surface area contributed by atoms with Crippen LogP contribution in [-0.4, -0.2) is 81.3 Å². The van der Waals surface area contributed by atoms with Crippen molar-refractivity contribution in [2.75, 3.05) is 59.5 Å². The number of rotatable bonds is 9. The fourth-order valence-corrected chi connectivity index (χ4v) is 3.62. The predicted molar refractivity (Wildman–Crippen MR) is 134 cm³/mol. The van der Waals surface area contributed by atoms with Gasteiger partial charge in [-0.1, -0.05) is 24.6 Å². The Morgan fingerprint density at radius 3 is 2.52 bits per heavy atom. The number of halogens is 1. The van der Waals surface area contributed by atoms with E-state index in [0.717, 1.165) is 57.4 Å². The number of ether oxygens (including phenoxy) is 1. The standard InChI is InChI=1S/C22H39N5O.HI/c1-6-23-22(24-11-10-20-16-18(3)8-9-21(20)28-5)25-17-19(4)27-14-12-26(7-2)13-15-27;/h8-9,16,19H,6-7,10-15,17H2,1-5H3,(H2,23,24,25);1H. The van der Waals surface area contributed by atoms with Crippen LogP contribution in [0.3, 0.4) is 0 Å². The minimum atomic E-state index is 0. The van der Waals surface area contributed by atoms with Crippen molar-refractivity contribution in [3.8, 4) is 5.75 Å². The van der Waals surface area contributed by atoms with Crippen molar-refractivity contribution in [1.82, 2.24) is 20.4 Å². The molecule has 1 fully saturated rings. The van der Waals surface area contributed by atoms with E-state index >= 15 is 0 Å². The van der Waals surface area contributed by atoms with E-state index in [-0.39, 0.29) is 24.0 Å². The van der Waals surface area contributed by atoms with E-state index in [1.54, 1.807) is 7.11 Å². The maximum absolute atomic E-state index is 5.48. The number of nitrogens with zero attached hydrogens (tertiary/aromatic N) is 3. The van der Waals surface area contributed by atoms with Crippen molar-refractivity contribution in [3.63, 3.8) is 0 Å². The highest BCUT2D eigenvalue weighted by Gasteiger charge is 2.19. The minimum Gasteiger partial charge on any atom is -0.496 e. The average Bonchev–Trinajstić information content (AvgIpc) is 2.72. The molecule has 1 aliphatic heterocycles. The Hall–Kier alpha value is -1.06. The molecule has 0 bridgehead atoms. The number of methoxy groups -OCH3 is 1. The van der Waals surface area contributed by atoms with Crippen LogP contribution in [0.25, 0.3) is 0 Å². The Morgan fingerprint density at radius 1 is 1.17 bits per heavy atom. The van der Waals surface area contributed by atoms with E-state index in [1.165, 1.54) is 24.2 Å². The highest BCUT2D eigenvalue weighted by molar-refractivity contribution is 14.0. The number of hydrogen-bond acceptors (Lipinski definition) is 4. The lowest BCUT2D eigenvalue weighted by Crippen LogP contribution is -2.50. The van der Waals surface area contributed by atoms with Gasteiger partial charge in [0.25, 0.3) is 0 Å². The summed E-state index contributed by atoms with van der Waals surface area (Å²) in [5, 5.41) is 6.84. The van der Waals surface area contributed by atoms with Crippen LogP contribution in [0.4, 0.5) is 0 Å². The second kappa shape index (κ2) is 14.0. The first-order chi connectivity index (χ1) is 13.6. The molecular formula is C22H40IN5O. The van der Waals surface area contributed by atoms with Gasteiger partial charge in [-0.05, 0) is 45.4 Å². The van der Waals surface area contributed by atoms with Crippen LogP contribution in [-0.2, 0) is 6.42 Å². The molecule has 1 unspecified atom stereocenters. The Bertz CT molecular complexity index is 617. The smallest absolute Gasteiger partial charge is 0.191 e. The Morgan fingerprint density at radius 2 is 1.90 bits per heavy atom. The molecule has 6 nitrogen and oxygen atoms in total. The van der Waals surface area contributed by atoms with Gasteiger partial charge in [-0.15, -0.1) is 24.0 Å². The van der Waals surface area contributed by atoms with Crippen LogP contribution in [0.15, 0.2) is 23.2 Å². The number of benzene rings is 1. The molecule has 1 aromatic carbocycles. The summed E-state index contributed by atoms with van der Waals surface area (Å²) in [5.41, 5.74) is 2.49. The number of aliphatic imine (C=N–C) groups is 1. The third kappa shape index (κ3) is 8.68. The normalized spacial score (nSPS) is 16.8. The molecular weight excluding hydrogens is 477 g/mol. The number of piperazine rings is 1. The zero-order valence-corrected chi connectivity index (χ0v) is 21.2. The van der Waals surface area contributed by atoms with Crippen LogP contribution in [0.1, 0.15) is 31.9 Å². The van der Waals surface area contributed by atoms with Gasteiger partial charge in [0, 0.05) is 45.3 Å². The molecule has 0 aromatic heterocycles. The van der Waals surface area contributed by atoms with Crippen molar-refractivity contribution in [2.24, 2.45) is 4.99 Å². The van der Waals surface area contributed by atoms with Crippen molar-refractivity contribution < 1.29 is 4.74 Å². The van der Waals surface area contributed by atoms with Crippen molar-refractivity contribution in [3.05, 3.63) is 29.3 Å². The molecule has 1 aliphatic rings. The topological polar surface area (TPSA) is 52.1 Å². The second-order valence-corrected chi connectivity index (χ2v) is 7.53. The summed E-state index contributed by atoms with van der Waals surface area (Å²) in [5.74, 6) is 1.85. The third-order valence-corrected chi connectivity index (χ3v) is 5.46. The molecule has 0 saturated carbocycles. The Kier molecular flexibility index (Phi) is 12.6. The second-order valence-electron chi connectivity index (χ2n) is 7.53. The third-order valence-electron chi connectivity index (χ3n) is 5.46. The number of aryl methyl sites for hydroxylation is 1. The summed E-state index contributed by atoms with van der Waals surface area (Å²) >= 11 is 0. The molecule has 2 rings (SSSR count). The monoisotopic (exact) mass is 517 g/mol. The SMILES string of the molecule is CCNC(=NCC(C)N1CCN(CC)CC1)NCCc1cc(C)ccc1OC.I. The highest BCUT2D eigenvalue weighted by Crippen LogP contribution is 2.19. The number of hydrogen-bond donors (Lipinski definition) is 2. The number of guanidine groups is 1. The highest BCUT2D eigenvalue weighted by atomic mass is 127. The molecule has 7 heteroatoms. The molecule has 1 saturated heterocycles. The van der Waals surface area contributed by atoms with Gasteiger partial charge in [0.2, 0.25) is 0 Å². The van der Waals surface area contributed by atoms with Crippen molar-refractivity contribution >= 4 is 29.9 Å². The van der Waals surface area contributed by atoms with Gasteiger partial charge in [-0.3, -0.25) is 9.89 Å². The Labute approximate surface area is 194 Å². The summed E-state index contributed by atoms with van der Waals surface area (Å²) in [4.78, 5) is 9.89. The summed E-state index contributed by atoms with van der Waals surface area (Å²) < 4.78 is 5.48. The van der Waals surface area contributed by atoms with Gasteiger partial charge in [-0.2, -0.15) is 0 Å². The van der Waals surface area contributed by atoms with Crippen LogP contribution in [0, 0.1) is 6.92 Å². The van der Waals surface area contributed by atoms with E-state index < -0.39 is 0 Å². The first-order valence-corrected chi connectivity index (χ1v) is 10.7. The number of likely N-dealkylation sites (N-methyl/N-ethyl adjacent to an activating group) is 1. The van der Waals surface area contributed by atoms with Crippen LogP contribution < -0.4 is 15.4 Å². The maximum atomic E-state index is 5.48. The largest absolute Gasteiger partial charge is 0.496 e. The molecule has 0 aliphatic carbocycles. The Balaban J connectivity index is 0.00000420. The quantitative estimate of drug-likeness (QED) is 0.300. The van der Waals surface area contributed by atoms with Crippen LogP contribution in [0.5, 0.6) is 5.75 Å². The van der Waals surface area contributed by atoms with Gasteiger partial charge in [0.15, 0.2) is 5.96 Å². The first kappa shape index (κ1) is 26.0. The molecule has 1 atom stereocenters. The van der Waals surface area contributed by atoms with Gasteiger partial charge < -0.3 is 20.3 Å². The summed E-state index contributed by atoms with van der Waals surface area (Å²) in [6.45, 7) is 17.0. The molecule has 1 aromatic rings. The molecule has 0 spiro atoms. The minimum absolute atomic E-state index is 0. The molecule has 29 heavy (non-hydrogen) atoms. The van der Waals surface area contributed by atoms with Crippen molar-refractivity contribution in [1.29, 1.82) is 0 Å². The lowest BCUT2D eigenvalue weighted by molar-refractivity contribution is 0.109. The average molecular weight is 518 g/mol. The van der Waals surface area contributed by atoms with E-state index in [0.29, 0.717) is 6.04 Å². The lowest BCUT2D eigenvalue weighted by atomic mass is 10.1. The van der Waals surface area contributed by atoms with Gasteiger partial charge in [0.05, 0.1) is 13.7 Å². The lowest BCUT2D eigenvalue weighted by Gasteiger charge is -2.37. The van der Waals surface area contributed by atoms with E-state index in [1.807, 2.05) is 6.07 Å². The van der Waals surface area contributed by atoms with Crippen LogP contribution in [0.2, 0.25) is 0 Å². The summed E-state index contributed by atoms with van der Waals surface area (Å²) in [7, 11) is 1.73. The maximum Gasteiger partial charge on any atom is 0.191 e. The van der Waals surface area contributed by atoms with Crippen LogP contribution >= 0.6 is 24.0 Å². The van der Waals surface area contributed by atoms with E-state index in [9.17, 15) is 0 Å². The van der Waals surface area contributed by atoms with Gasteiger partial charge >= 0.3 is 0 Å². The molecule has 0 amide bonds. The summed E-state index contributed by atoms with van der Waals surface area (Å²) in [6, 6.07) is 6.79. The zero-order chi connectivity index (χ0) is 20.4. The fourth-order valence-electron chi connectivity index (χ4n) is 3.62. The predicted octanol–water partition coefficient (Wildman–Crippen LogP) is 2.75. The molecule has 0 radical (unpaired) electrons. The van der Waals surface area contributed by atoms with Gasteiger partial charge in [0.1, 0.15) is 5.75 Å². The van der Waals surface area contributed by atoms with Gasteiger partial charge in [-0.25, -0.2) is 0 Å². The molecule has 1 heterocycles. The molecule has 166 valence electrons. The molecule has 2 N–H and O–H groups in total. The number of nitrogens with one attached hydrogen (secondary N) is 2. The zero-order valence-electron chi connectivity index (χ0n) is 18.8.